The minimum absolute atomic E-state index is 0.0503. The van der Waals surface area contributed by atoms with Gasteiger partial charge < -0.3 is 5.73 Å². The molecule has 0 spiro atoms. The number of halogens is 2. The van der Waals surface area contributed by atoms with E-state index < -0.39 is 11.8 Å². The third kappa shape index (κ3) is 1.48. The Hall–Kier alpha value is -1.03. The van der Waals surface area contributed by atoms with Gasteiger partial charge in [0.2, 0.25) is 5.95 Å². The van der Waals surface area contributed by atoms with Crippen molar-refractivity contribution in [3.63, 3.8) is 0 Å². The summed E-state index contributed by atoms with van der Waals surface area (Å²) >= 11 is 0. The second kappa shape index (κ2) is 2.70. The third-order valence-corrected chi connectivity index (χ3v) is 1.02. The number of nitrogens with zero attached hydrogens (tertiary/aromatic N) is 1. The molecular weight excluding hydrogens is 138 g/mol. The molecule has 0 fully saturated rings. The maximum atomic E-state index is 12.3. The van der Waals surface area contributed by atoms with E-state index in [1.165, 1.54) is 0 Å². The molecular formula is C6H6F2N2. The molecule has 2 N–H and O–H groups in total. The number of pyridine rings is 1. The lowest BCUT2D eigenvalue weighted by molar-refractivity contribution is 0.544. The quantitative estimate of drug-likeness (QED) is 0.592. The van der Waals surface area contributed by atoms with Crippen LogP contribution < -0.4 is 5.73 Å². The molecule has 0 bridgehead atoms. The van der Waals surface area contributed by atoms with Crippen LogP contribution in [-0.2, 0) is 6.54 Å². The van der Waals surface area contributed by atoms with Gasteiger partial charge in [0.25, 0.3) is 0 Å². The number of rotatable bonds is 1. The first-order chi connectivity index (χ1) is 4.72. The zero-order valence-corrected chi connectivity index (χ0v) is 5.14. The van der Waals surface area contributed by atoms with Gasteiger partial charge >= 0.3 is 0 Å². The highest BCUT2D eigenvalue weighted by atomic mass is 19.1. The molecule has 0 radical (unpaired) electrons. The fourth-order valence-electron chi connectivity index (χ4n) is 0.621. The maximum Gasteiger partial charge on any atom is 0.216 e. The van der Waals surface area contributed by atoms with Crippen molar-refractivity contribution in [3.8, 4) is 0 Å². The Morgan fingerprint density at radius 1 is 1.40 bits per heavy atom. The zero-order valence-electron chi connectivity index (χ0n) is 5.14. The van der Waals surface area contributed by atoms with Gasteiger partial charge in [-0.2, -0.15) is 4.39 Å². The fraction of sp³-hybridized carbons (Fsp3) is 0.167. The van der Waals surface area contributed by atoms with E-state index in [4.69, 9.17) is 5.73 Å². The van der Waals surface area contributed by atoms with Crippen molar-refractivity contribution >= 4 is 0 Å². The Balaban J connectivity index is 3.06. The van der Waals surface area contributed by atoms with E-state index in [1.807, 2.05) is 0 Å². The van der Waals surface area contributed by atoms with Gasteiger partial charge in [-0.3, -0.25) is 0 Å². The van der Waals surface area contributed by atoms with Crippen molar-refractivity contribution in [2.24, 2.45) is 5.73 Å². The average Bonchev–Trinajstić information content (AvgIpc) is 1.85. The second-order valence-electron chi connectivity index (χ2n) is 1.80. The van der Waals surface area contributed by atoms with Crippen molar-refractivity contribution in [3.05, 3.63) is 29.6 Å². The monoisotopic (exact) mass is 144 g/mol. The summed E-state index contributed by atoms with van der Waals surface area (Å²) in [6.45, 7) is 0.0503. The molecule has 10 heavy (non-hydrogen) atoms. The van der Waals surface area contributed by atoms with E-state index in [1.54, 1.807) is 0 Å². The van der Waals surface area contributed by atoms with Gasteiger partial charge in [0.1, 0.15) is 5.82 Å². The first-order valence-corrected chi connectivity index (χ1v) is 2.74. The summed E-state index contributed by atoms with van der Waals surface area (Å²) in [7, 11) is 0. The lowest BCUT2D eigenvalue weighted by atomic mass is 10.3. The van der Waals surface area contributed by atoms with Crippen LogP contribution in [0.4, 0.5) is 8.78 Å². The first kappa shape index (κ1) is 7.08. The highest BCUT2D eigenvalue weighted by molar-refractivity contribution is 5.06. The lowest BCUT2D eigenvalue weighted by Crippen LogP contribution is -2.01. The summed E-state index contributed by atoms with van der Waals surface area (Å²) in [6, 6.07) is 1.81. The molecule has 4 heteroatoms. The molecule has 0 amide bonds. The van der Waals surface area contributed by atoms with Crippen LogP contribution >= 0.6 is 0 Å². The summed E-state index contributed by atoms with van der Waals surface area (Å²) in [5.41, 5.74) is 5.31. The zero-order chi connectivity index (χ0) is 7.56. The fourth-order valence-corrected chi connectivity index (χ4v) is 0.621. The predicted octanol–water partition coefficient (Wildman–Crippen LogP) is 0.819. The SMILES string of the molecule is NCc1cc(F)cc(F)n1. The topological polar surface area (TPSA) is 38.9 Å². The summed E-state index contributed by atoms with van der Waals surface area (Å²) in [5.74, 6) is -1.48. The van der Waals surface area contributed by atoms with E-state index in [9.17, 15) is 8.78 Å². The molecule has 0 aliphatic rings. The molecule has 1 rings (SSSR count). The highest BCUT2D eigenvalue weighted by Gasteiger charge is 1.98. The Morgan fingerprint density at radius 2 is 2.10 bits per heavy atom. The molecule has 0 atom stereocenters. The van der Waals surface area contributed by atoms with Crippen LogP contribution in [0.1, 0.15) is 5.69 Å². The summed E-state index contributed by atoms with van der Waals surface area (Å²) in [5, 5.41) is 0. The molecule has 2 nitrogen and oxygen atoms in total. The summed E-state index contributed by atoms with van der Waals surface area (Å²) in [6.07, 6.45) is 0. The summed E-state index contributed by atoms with van der Waals surface area (Å²) in [4.78, 5) is 3.32. The van der Waals surface area contributed by atoms with E-state index in [-0.39, 0.29) is 12.2 Å². The molecule has 0 aliphatic carbocycles. The molecule has 0 aliphatic heterocycles. The highest BCUT2D eigenvalue weighted by Crippen LogP contribution is 2.01. The van der Waals surface area contributed by atoms with Crippen molar-refractivity contribution in [2.45, 2.75) is 6.54 Å². The van der Waals surface area contributed by atoms with Gasteiger partial charge in [-0.25, -0.2) is 9.37 Å². The molecule has 0 saturated carbocycles. The van der Waals surface area contributed by atoms with Crippen LogP contribution in [0.25, 0.3) is 0 Å². The number of hydrogen-bond donors (Lipinski definition) is 1. The third-order valence-electron chi connectivity index (χ3n) is 1.02. The molecule has 0 saturated heterocycles. The van der Waals surface area contributed by atoms with Gasteiger partial charge in [-0.15, -0.1) is 0 Å². The Kier molecular flexibility index (Phi) is 1.91. The van der Waals surface area contributed by atoms with E-state index in [0.29, 0.717) is 6.07 Å². The Labute approximate surface area is 56.7 Å². The van der Waals surface area contributed by atoms with Crippen LogP contribution in [0.5, 0.6) is 0 Å². The predicted molar refractivity (Wildman–Crippen MR) is 32.0 cm³/mol. The number of hydrogen-bond acceptors (Lipinski definition) is 2. The number of aromatic nitrogens is 1. The van der Waals surface area contributed by atoms with Crippen LogP contribution in [0.15, 0.2) is 12.1 Å². The van der Waals surface area contributed by atoms with E-state index in [0.717, 1.165) is 6.07 Å². The second-order valence-corrected chi connectivity index (χ2v) is 1.80. The van der Waals surface area contributed by atoms with Crippen molar-refractivity contribution in [2.75, 3.05) is 0 Å². The number of nitrogens with two attached hydrogens (primary N) is 1. The Morgan fingerprint density at radius 3 is 2.60 bits per heavy atom. The molecule has 1 heterocycles. The largest absolute Gasteiger partial charge is 0.325 e. The van der Waals surface area contributed by atoms with Gasteiger partial charge in [-0.05, 0) is 6.07 Å². The molecule has 54 valence electrons. The van der Waals surface area contributed by atoms with Crippen molar-refractivity contribution in [1.29, 1.82) is 0 Å². The van der Waals surface area contributed by atoms with Gasteiger partial charge in [-0.1, -0.05) is 0 Å². The van der Waals surface area contributed by atoms with Crippen LogP contribution in [0.3, 0.4) is 0 Å². The smallest absolute Gasteiger partial charge is 0.216 e. The molecule has 1 aromatic heterocycles. The van der Waals surface area contributed by atoms with Crippen LogP contribution in [0.2, 0.25) is 0 Å². The Bertz CT molecular complexity index is 217. The van der Waals surface area contributed by atoms with Crippen LogP contribution in [-0.4, -0.2) is 4.98 Å². The molecule has 0 aromatic carbocycles. The molecule has 1 aromatic rings. The first-order valence-electron chi connectivity index (χ1n) is 2.74. The van der Waals surface area contributed by atoms with Gasteiger partial charge in [0.15, 0.2) is 0 Å². The van der Waals surface area contributed by atoms with Crippen LogP contribution in [0, 0.1) is 11.8 Å². The van der Waals surface area contributed by atoms with E-state index >= 15 is 0 Å². The maximum absolute atomic E-state index is 12.3. The average molecular weight is 144 g/mol. The van der Waals surface area contributed by atoms with Gasteiger partial charge in [0, 0.05) is 12.6 Å². The summed E-state index contributed by atoms with van der Waals surface area (Å²) < 4.78 is 24.5. The minimum Gasteiger partial charge on any atom is -0.325 e. The normalized spacial score (nSPS) is 9.90. The van der Waals surface area contributed by atoms with Crippen molar-refractivity contribution in [1.82, 2.24) is 4.98 Å². The molecule has 0 unspecified atom stereocenters. The minimum atomic E-state index is -0.833. The van der Waals surface area contributed by atoms with Gasteiger partial charge in [0.05, 0.1) is 5.69 Å². The van der Waals surface area contributed by atoms with E-state index in [2.05, 4.69) is 4.98 Å². The standard InChI is InChI=1S/C6H6F2N2/c7-4-1-5(3-9)10-6(8)2-4/h1-2H,3,9H2. The van der Waals surface area contributed by atoms with Crippen molar-refractivity contribution < 1.29 is 8.78 Å². The lowest BCUT2D eigenvalue weighted by Gasteiger charge is -1.94.